The molecule has 0 radical (unpaired) electrons. The van der Waals surface area contributed by atoms with E-state index in [1.807, 2.05) is 6.92 Å². The number of rotatable bonds is 8. The lowest BCUT2D eigenvalue weighted by Crippen LogP contribution is -2.32. The third-order valence-corrected chi connectivity index (χ3v) is 2.41. The van der Waals surface area contributed by atoms with Crippen molar-refractivity contribution in [2.24, 2.45) is 0 Å². The molecule has 20 heavy (non-hydrogen) atoms. The molecule has 0 aliphatic carbocycles. The first-order valence-electron chi connectivity index (χ1n) is 6.13. The summed E-state index contributed by atoms with van der Waals surface area (Å²) in [6, 6.07) is 6.29. The van der Waals surface area contributed by atoms with Crippen molar-refractivity contribution in [1.82, 2.24) is 10.6 Å². The van der Waals surface area contributed by atoms with Crippen LogP contribution in [0, 0.1) is 0 Å². The Morgan fingerprint density at radius 2 is 2.00 bits per heavy atom. The van der Waals surface area contributed by atoms with Gasteiger partial charge in [0, 0.05) is 18.7 Å². The van der Waals surface area contributed by atoms with Gasteiger partial charge in [-0.25, -0.2) is 0 Å². The van der Waals surface area contributed by atoms with Crippen molar-refractivity contribution >= 4 is 18.3 Å². The number of likely N-dealkylation sites (N-methyl/N-ethyl adjacent to an activating group) is 1. The van der Waals surface area contributed by atoms with E-state index in [1.54, 1.807) is 18.2 Å². The molecule has 0 saturated carbocycles. The van der Waals surface area contributed by atoms with Gasteiger partial charge in [-0.05, 0) is 12.6 Å². The average Bonchev–Trinajstić information content (AvgIpc) is 2.36. The zero-order chi connectivity index (χ0) is 14.1. The molecule has 0 aliphatic rings. The minimum absolute atomic E-state index is 0. The molecule has 1 amide bonds. The lowest BCUT2D eigenvalue weighted by molar-refractivity contribution is -0.120. The number of alkyl halides is 2. The topological polar surface area (TPSA) is 50.4 Å². The first kappa shape index (κ1) is 18.6. The first-order chi connectivity index (χ1) is 9.13. The standard InChI is InChI=1S/C13H18F2N2O2.ClH/c1-2-16-7-8-17-12(18)9-10-5-3-4-6-11(10)19-13(14)15;/h3-6,13,16H,2,7-9H2,1H3,(H,17,18);1H. The maximum Gasteiger partial charge on any atom is 0.387 e. The SMILES string of the molecule is CCNCCNC(=O)Cc1ccccc1OC(F)F.Cl. The fourth-order valence-corrected chi connectivity index (χ4v) is 1.56. The molecule has 2 N–H and O–H groups in total. The summed E-state index contributed by atoms with van der Waals surface area (Å²) in [6.45, 7) is 1.10. The van der Waals surface area contributed by atoms with Gasteiger partial charge in [-0.3, -0.25) is 4.79 Å². The minimum atomic E-state index is -2.89. The molecule has 0 heterocycles. The van der Waals surface area contributed by atoms with Crippen molar-refractivity contribution in [1.29, 1.82) is 0 Å². The molecule has 0 bridgehead atoms. The summed E-state index contributed by atoms with van der Waals surface area (Å²) >= 11 is 0. The van der Waals surface area contributed by atoms with Crippen LogP contribution >= 0.6 is 12.4 Å². The summed E-state index contributed by atoms with van der Waals surface area (Å²) in [5, 5.41) is 5.77. The van der Waals surface area contributed by atoms with E-state index in [2.05, 4.69) is 15.4 Å². The molecular formula is C13H19ClF2N2O2. The summed E-state index contributed by atoms with van der Waals surface area (Å²) in [7, 11) is 0. The van der Waals surface area contributed by atoms with Crippen LogP contribution in [0.1, 0.15) is 12.5 Å². The highest BCUT2D eigenvalue weighted by Crippen LogP contribution is 2.20. The smallest absolute Gasteiger partial charge is 0.387 e. The summed E-state index contributed by atoms with van der Waals surface area (Å²) in [5.74, 6) is -0.178. The molecule has 1 rings (SSSR count). The van der Waals surface area contributed by atoms with Crippen LogP contribution in [-0.4, -0.2) is 32.2 Å². The number of ether oxygens (including phenoxy) is 1. The van der Waals surface area contributed by atoms with E-state index in [4.69, 9.17) is 0 Å². The molecular weight excluding hydrogens is 290 g/mol. The Hall–Kier alpha value is -1.40. The van der Waals surface area contributed by atoms with Gasteiger partial charge in [0.25, 0.3) is 0 Å². The van der Waals surface area contributed by atoms with Crippen LogP contribution < -0.4 is 15.4 Å². The van der Waals surface area contributed by atoms with Gasteiger partial charge in [0.15, 0.2) is 0 Å². The van der Waals surface area contributed by atoms with Crippen LogP contribution in [-0.2, 0) is 11.2 Å². The minimum Gasteiger partial charge on any atom is -0.435 e. The molecule has 0 unspecified atom stereocenters. The highest BCUT2D eigenvalue weighted by molar-refractivity contribution is 5.85. The van der Waals surface area contributed by atoms with Crippen LogP contribution in [0.5, 0.6) is 5.75 Å². The van der Waals surface area contributed by atoms with E-state index in [0.717, 1.165) is 6.54 Å². The molecule has 1 aromatic rings. The van der Waals surface area contributed by atoms with Gasteiger partial charge in [0.2, 0.25) is 5.91 Å². The maximum atomic E-state index is 12.2. The Bertz CT molecular complexity index is 406. The number of carbonyl (C=O) groups is 1. The normalized spacial score (nSPS) is 10.0. The van der Waals surface area contributed by atoms with E-state index in [-0.39, 0.29) is 30.5 Å². The summed E-state index contributed by atoms with van der Waals surface area (Å²) < 4.78 is 28.8. The molecule has 4 nitrogen and oxygen atoms in total. The molecule has 0 fully saturated rings. The molecule has 0 aromatic heterocycles. The Morgan fingerprint density at radius 1 is 1.30 bits per heavy atom. The fraction of sp³-hybridized carbons (Fsp3) is 0.462. The number of benzene rings is 1. The third kappa shape index (κ3) is 7.25. The number of hydrogen-bond donors (Lipinski definition) is 2. The Labute approximate surface area is 123 Å². The second kappa shape index (κ2) is 10.4. The molecule has 7 heteroatoms. The van der Waals surface area contributed by atoms with Crippen LogP contribution in [0.4, 0.5) is 8.78 Å². The predicted molar refractivity (Wildman–Crippen MR) is 75.6 cm³/mol. The van der Waals surface area contributed by atoms with E-state index in [1.165, 1.54) is 6.07 Å². The van der Waals surface area contributed by atoms with Gasteiger partial charge in [0.05, 0.1) is 6.42 Å². The zero-order valence-corrected chi connectivity index (χ0v) is 12.0. The summed E-state index contributed by atoms with van der Waals surface area (Å²) in [4.78, 5) is 11.6. The van der Waals surface area contributed by atoms with Crippen molar-refractivity contribution in [3.63, 3.8) is 0 Å². The van der Waals surface area contributed by atoms with Gasteiger partial charge in [-0.15, -0.1) is 12.4 Å². The second-order valence-corrected chi connectivity index (χ2v) is 3.87. The van der Waals surface area contributed by atoms with Crippen LogP contribution in [0.3, 0.4) is 0 Å². The van der Waals surface area contributed by atoms with Gasteiger partial charge in [-0.1, -0.05) is 25.1 Å². The monoisotopic (exact) mass is 308 g/mol. The van der Waals surface area contributed by atoms with Gasteiger partial charge in [-0.2, -0.15) is 8.78 Å². The molecule has 0 aliphatic heterocycles. The molecule has 0 spiro atoms. The molecule has 0 saturated heterocycles. The number of hydrogen-bond acceptors (Lipinski definition) is 3. The summed E-state index contributed by atoms with van der Waals surface area (Å²) in [5.41, 5.74) is 0.448. The average molecular weight is 309 g/mol. The predicted octanol–water partition coefficient (Wildman–Crippen LogP) is 1.98. The number of amides is 1. The van der Waals surface area contributed by atoms with Crippen molar-refractivity contribution in [3.8, 4) is 5.75 Å². The Kier molecular flexibility index (Phi) is 9.67. The fourth-order valence-electron chi connectivity index (χ4n) is 1.56. The second-order valence-electron chi connectivity index (χ2n) is 3.87. The van der Waals surface area contributed by atoms with Gasteiger partial charge < -0.3 is 15.4 Å². The Balaban J connectivity index is 0.00000361. The van der Waals surface area contributed by atoms with Crippen molar-refractivity contribution in [2.75, 3.05) is 19.6 Å². The lowest BCUT2D eigenvalue weighted by Gasteiger charge is -2.10. The van der Waals surface area contributed by atoms with Crippen molar-refractivity contribution in [3.05, 3.63) is 29.8 Å². The largest absolute Gasteiger partial charge is 0.435 e. The number of carbonyl (C=O) groups excluding carboxylic acids is 1. The van der Waals surface area contributed by atoms with Gasteiger partial charge >= 0.3 is 6.61 Å². The van der Waals surface area contributed by atoms with Crippen molar-refractivity contribution in [2.45, 2.75) is 20.0 Å². The highest BCUT2D eigenvalue weighted by atomic mass is 35.5. The van der Waals surface area contributed by atoms with Crippen LogP contribution in [0.2, 0.25) is 0 Å². The lowest BCUT2D eigenvalue weighted by atomic mass is 10.1. The first-order valence-corrected chi connectivity index (χ1v) is 6.13. The number of nitrogens with one attached hydrogen (secondary N) is 2. The van der Waals surface area contributed by atoms with E-state index >= 15 is 0 Å². The number of halogens is 3. The van der Waals surface area contributed by atoms with Gasteiger partial charge in [0.1, 0.15) is 5.75 Å². The van der Waals surface area contributed by atoms with Crippen molar-refractivity contribution < 1.29 is 18.3 Å². The molecule has 1 aromatic carbocycles. The van der Waals surface area contributed by atoms with Crippen LogP contribution in [0.25, 0.3) is 0 Å². The van der Waals surface area contributed by atoms with Crippen LogP contribution in [0.15, 0.2) is 24.3 Å². The summed E-state index contributed by atoms with van der Waals surface area (Å²) in [6.07, 6.45) is 0.0228. The molecule has 114 valence electrons. The molecule has 0 atom stereocenters. The van der Waals surface area contributed by atoms with E-state index < -0.39 is 6.61 Å². The highest BCUT2D eigenvalue weighted by Gasteiger charge is 2.11. The maximum absolute atomic E-state index is 12.2. The Morgan fingerprint density at radius 3 is 2.65 bits per heavy atom. The van der Waals surface area contributed by atoms with E-state index in [9.17, 15) is 13.6 Å². The van der Waals surface area contributed by atoms with E-state index in [0.29, 0.717) is 18.7 Å². The third-order valence-electron chi connectivity index (χ3n) is 2.41. The zero-order valence-electron chi connectivity index (χ0n) is 11.2. The number of para-hydroxylation sites is 1. The quantitative estimate of drug-likeness (QED) is 0.722.